The third kappa shape index (κ3) is 5.96. The average molecular weight is 389 g/mol. The lowest BCUT2D eigenvalue weighted by Crippen LogP contribution is -2.24. The first-order chi connectivity index (χ1) is 12.9. The smallest absolute Gasteiger partial charge is 0.339 e. The van der Waals surface area contributed by atoms with E-state index in [9.17, 15) is 14.4 Å². The minimum Gasteiger partial charge on any atom is -0.465 e. The van der Waals surface area contributed by atoms with Crippen LogP contribution < -0.4 is 10.9 Å². The highest BCUT2D eigenvalue weighted by atomic mass is 32.2. The van der Waals surface area contributed by atoms with Crippen LogP contribution in [0.5, 0.6) is 0 Å². The number of aromatic nitrogens is 2. The molecule has 0 aliphatic rings. The van der Waals surface area contributed by atoms with Crippen molar-refractivity contribution in [3.63, 3.8) is 0 Å². The van der Waals surface area contributed by atoms with Crippen LogP contribution in [0.25, 0.3) is 0 Å². The number of carbonyl (C=O) groups is 2. The van der Waals surface area contributed by atoms with E-state index in [2.05, 4.69) is 22.2 Å². The number of hydrogen-bond donors (Lipinski definition) is 2. The first kappa shape index (κ1) is 20.7. The lowest BCUT2D eigenvalue weighted by Gasteiger charge is -2.13. The molecule has 1 unspecified atom stereocenters. The Labute approximate surface area is 161 Å². The van der Waals surface area contributed by atoms with E-state index >= 15 is 0 Å². The van der Waals surface area contributed by atoms with Crippen LogP contribution in [0.3, 0.4) is 0 Å². The number of methoxy groups -OCH3 is 1. The lowest BCUT2D eigenvalue weighted by atomic mass is 10.2. The van der Waals surface area contributed by atoms with E-state index in [1.54, 1.807) is 31.2 Å². The first-order valence-corrected chi connectivity index (χ1v) is 9.57. The molecule has 2 rings (SSSR count). The van der Waals surface area contributed by atoms with Crippen molar-refractivity contribution in [2.24, 2.45) is 0 Å². The van der Waals surface area contributed by atoms with Crippen molar-refractivity contribution < 1.29 is 14.3 Å². The molecular formula is C19H23N3O4S. The zero-order valence-electron chi connectivity index (χ0n) is 15.6. The molecular weight excluding hydrogens is 366 g/mol. The van der Waals surface area contributed by atoms with Gasteiger partial charge in [-0.3, -0.25) is 9.59 Å². The molecule has 144 valence electrons. The fourth-order valence-corrected chi connectivity index (χ4v) is 3.19. The number of ether oxygens (including phenoxy) is 1. The summed E-state index contributed by atoms with van der Waals surface area (Å²) in [6.07, 6.45) is 2.68. The van der Waals surface area contributed by atoms with E-state index in [-0.39, 0.29) is 17.0 Å². The summed E-state index contributed by atoms with van der Waals surface area (Å²) in [6.45, 7) is 3.78. The van der Waals surface area contributed by atoms with Gasteiger partial charge in [-0.2, -0.15) is 0 Å². The molecule has 1 amide bonds. The van der Waals surface area contributed by atoms with Gasteiger partial charge in [0.15, 0.2) is 5.16 Å². The van der Waals surface area contributed by atoms with Crippen molar-refractivity contribution in [3.8, 4) is 0 Å². The Hall–Kier alpha value is -2.61. The fourth-order valence-electron chi connectivity index (χ4n) is 2.36. The first-order valence-electron chi connectivity index (χ1n) is 8.69. The predicted octanol–water partition coefficient (Wildman–Crippen LogP) is 3.02. The molecule has 0 saturated carbocycles. The summed E-state index contributed by atoms with van der Waals surface area (Å²) in [5, 5.41) is 2.60. The summed E-state index contributed by atoms with van der Waals surface area (Å²) in [4.78, 5) is 43.2. The maximum atomic E-state index is 12.5. The Bertz CT molecular complexity index is 866. The third-order valence-corrected chi connectivity index (χ3v) is 4.79. The molecule has 1 atom stereocenters. The van der Waals surface area contributed by atoms with Gasteiger partial charge < -0.3 is 15.0 Å². The van der Waals surface area contributed by atoms with E-state index in [1.807, 2.05) is 0 Å². The number of H-pyrrole nitrogens is 1. The predicted molar refractivity (Wildman–Crippen MR) is 105 cm³/mol. The molecule has 0 fully saturated rings. The van der Waals surface area contributed by atoms with Crippen molar-refractivity contribution in [2.75, 3.05) is 12.4 Å². The Morgan fingerprint density at radius 1 is 1.33 bits per heavy atom. The number of aromatic amines is 1. The van der Waals surface area contributed by atoms with E-state index in [1.165, 1.54) is 13.2 Å². The van der Waals surface area contributed by atoms with Gasteiger partial charge in [-0.15, -0.1) is 0 Å². The quantitative estimate of drug-likeness (QED) is 0.409. The van der Waals surface area contributed by atoms with Crippen LogP contribution in [0.2, 0.25) is 0 Å². The minimum absolute atomic E-state index is 0.234. The molecule has 8 heteroatoms. The highest BCUT2D eigenvalue weighted by Gasteiger charge is 2.19. The average Bonchev–Trinajstić information content (AvgIpc) is 2.65. The van der Waals surface area contributed by atoms with Gasteiger partial charge in [-0.25, -0.2) is 9.78 Å². The second-order valence-electron chi connectivity index (χ2n) is 5.93. The van der Waals surface area contributed by atoms with Gasteiger partial charge in [0.25, 0.3) is 5.56 Å². The Morgan fingerprint density at radius 3 is 2.78 bits per heavy atom. The second kappa shape index (κ2) is 9.91. The lowest BCUT2D eigenvalue weighted by molar-refractivity contribution is -0.115. The Morgan fingerprint density at radius 2 is 2.07 bits per heavy atom. The van der Waals surface area contributed by atoms with Crippen LogP contribution >= 0.6 is 11.8 Å². The normalized spacial score (nSPS) is 11.7. The molecule has 27 heavy (non-hydrogen) atoms. The summed E-state index contributed by atoms with van der Waals surface area (Å²) in [6, 6.07) is 8.10. The molecule has 2 N–H and O–H groups in total. The largest absolute Gasteiger partial charge is 0.465 e. The van der Waals surface area contributed by atoms with Crippen LogP contribution in [0.4, 0.5) is 5.69 Å². The van der Waals surface area contributed by atoms with E-state index in [4.69, 9.17) is 4.74 Å². The van der Waals surface area contributed by atoms with Crippen LogP contribution in [0.1, 0.15) is 42.7 Å². The molecule has 0 bridgehead atoms. The highest BCUT2D eigenvalue weighted by molar-refractivity contribution is 8.00. The zero-order chi connectivity index (χ0) is 19.8. The van der Waals surface area contributed by atoms with Crippen molar-refractivity contribution in [2.45, 2.75) is 43.5 Å². The molecule has 0 aliphatic heterocycles. The van der Waals surface area contributed by atoms with Crippen molar-refractivity contribution in [3.05, 3.63) is 51.9 Å². The number of nitrogens with zero attached hydrogens (tertiary/aromatic N) is 1. The molecule has 0 aliphatic carbocycles. The number of carbonyl (C=O) groups excluding carboxylic acids is 2. The van der Waals surface area contributed by atoms with E-state index in [0.29, 0.717) is 16.5 Å². The number of anilines is 1. The number of unbranched alkanes of at least 4 members (excludes halogenated alkanes) is 1. The van der Waals surface area contributed by atoms with Gasteiger partial charge in [0.1, 0.15) is 0 Å². The third-order valence-electron chi connectivity index (χ3n) is 3.81. The number of aryl methyl sites for hydroxylation is 1. The number of rotatable bonds is 8. The van der Waals surface area contributed by atoms with Gasteiger partial charge in [0, 0.05) is 11.8 Å². The summed E-state index contributed by atoms with van der Waals surface area (Å²) >= 11 is 1.16. The monoisotopic (exact) mass is 389 g/mol. The van der Waals surface area contributed by atoms with Crippen molar-refractivity contribution >= 4 is 29.3 Å². The SMILES string of the molecule is CCCCc1cc(=O)[nH]c(SC(C)C(=O)Nc2ccccc2C(=O)OC)n1. The Kier molecular flexibility index (Phi) is 7.60. The van der Waals surface area contributed by atoms with Crippen LogP contribution in [-0.2, 0) is 16.0 Å². The number of amides is 1. The number of thioether (sulfide) groups is 1. The maximum absolute atomic E-state index is 12.5. The number of nitrogens with one attached hydrogen (secondary N) is 2. The fraction of sp³-hybridized carbons (Fsp3) is 0.368. The maximum Gasteiger partial charge on any atom is 0.339 e. The molecule has 0 saturated heterocycles. The van der Waals surface area contributed by atoms with Gasteiger partial charge in [0.05, 0.1) is 23.6 Å². The van der Waals surface area contributed by atoms with E-state index in [0.717, 1.165) is 31.0 Å². The Balaban J connectivity index is 2.10. The highest BCUT2D eigenvalue weighted by Crippen LogP contribution is 2.22. The number of esters is 1. The topological polar surface area (TPSA) is 101 Å². The van der Waals surface area contributed by atoms with Crippen LogP contribution in [0, 0.1) is 0 Å². The molecule has 1 aromatic heterocycles. The molecule has 1 heterocycles. The van der Waals surface area contributed by atoms with Crippen LogP contribution in [-0.4, -0.2) is 34.2 Å². The minimum atomic E-state index is -0.528. The summed E-state index contributed by atoms with van der Waals surface area (Å²) in [7, 11) is 1.28. The molecule has 2 aromatic rings. The summed E-state index contributed by atoms with van der Waals surface area (Å²) in [5.41, 5.74) is 1.13. The van der Waals surface area contributed by atoms with Gasteiger partial charge in [-0.1, -0.05) is 37.2 Å². The summed E-state index contributed by atoms with van der Waals surface area (Å²) in [5.74, 6) is -0.834. The van der Waals surface area contributed by atoms with Crippen LogP contribution in [0.15, 0.2) is 40.3 Å². The molecule has 7 nitrogen and oxygen atoms in total. The van der Waals surface area contributed by atoms with Gasteiger partial charge in [0.2, 0.25) is 5.91 Å². The van der Waals surface area contributed by atoms with Gasteiger partial charge >= 0.3 is 5.97 Å². The number of hydrogen-bond acceptors (Lipinski definition) is 6. The second-order valence-corrected chi connectivity index (χ2v) is 7.26. The standard InChI is InChI=1S/C19H23N3O4S/c1-4-5-8-13-11-16(23)22-19(20-13)27-12(2)17(24)21-15-10-7-6-9-14(15)18(25)26-3/h6-7,9-12H,4-5,8H2,1-3H3,(H,21,24)(H,20,22,23). The molecule has 0 spiro atoms. The summed E-state index contributed by atoms with van der Waals surface area (Å²) < 4.78 is 4.73. The number of benzene rings is 1. The molecule has 0 radical (unpaired) electrons. The van der Waals surface area contributed by atoms with Crippen molar-refractivity contribution in [1.82, 2.24) is 9.97 Å². The van der Waals surface area contributed by atoms with E-state index < -0.39 is 11.2 Å². The zero-order valence-corrected chi connectivity index (χ0v) is 16.4. The van der Waals surface area contributed by atoms with Crippen molar-refractivity contribution in [1.29, 1.82) is 0 Å². The number of para-hydroxylation sites is 1. The van der Waals surface area contributed by atoms with Gasteiger partial charge in [-0.05, 0) is 31.9 Å². The molecule has 1 aromatic carbocycles.